The van der Waals surface area contributed by atoms with Crippen molar-refractivity contribution >= 4 is 21.7 Å². The molecule has 0 unspecified atom stereocenters. The Morgan fingerprint density at radius 1 is 1.15 bits per heavy atom. The predicted octanol–water partition coefficient (Wildman–Crippen LogP) is 1.34. The van der Waals surface area contributed by atoms with Crippen molar-refractivity contribution in [3.05, 3.63) is 54.4 Å². The van der Waals surface area contributed by atoms with Crippen molar-refractivity contribution in [3.8, 4) is 0 Å². The minimum Gasteiger partial charge on any atom is -0.324 e. The lowest BCUT2D eigenvalue weighted by Crippen LogP contribution is -2.40. The van der Waals surface area contributed by atoms with E-state index < -0.39 is 10.0 Å². The van der Waals surface area contributed by atoms with Gasteiger partial charge in [-0.1, -0.05) is 30.3 Å². The Morgan fingerprint density at radius 3 is 2.75 bits per heavy atom. The van der Waals surface area contributed by atoms with Gasteiger partial charge in [0, 0.05) is 12.4 Å². The van der Waals surface area contributed by atoms with Crippen LogP contribution in [0.3, 0.4) is 0 Å². The van der Waals surface area contributed by atoms with Crippen molar-refractivity contribution in [3.63, 3.8) is 0 Å². The molecule has 0 fully saturated rings. The number of aliphatic imine (C=N–C) groups is 1. The van der Waals surface area contributed by atoms with Gasteiger partial charge in [-0.05, 0) is 11.6 Å². The number of rotatable bonds is 2. The maximum Gasteiger partial charge on any atom is 0.267 e. The molecule has 6 nitrogen and oxygen atoms in total. The second-order valence-corrected chi connectivity index (χ2v) is 5.90. The molecule has 0 saturated carbocycles. The Morgan fingerprint density at radius 2 is 1.95 bits per heavy atom. The molecule has 0 aliphatic carbocycles. The summed E-state index contributed by atoms with van der Waals surface area (Å²) in [5.74, 6) is 0.215. The van der Waals surface area contributed by atoms with Crippen LogP contribution in [0.2, 0.25) is 0 Å². The molecule has 1 aromatic carbocycles. The lowest BCUT2D eigenvalue weighted by Gasteiger charge is -2.20. The number of guanidine groups is 1. The number of fused-ring (bicyclic) bond motifs is 1. The lowest BCUT2D eigenvalue weighted by atomic mass is 10.2. The molecule has 2 heterocycles. The molecule has 1 aliphatic heterocycles. The Bertz CT molecular complexity index is 757. The first-order valence-corrected chi connectivity index (χ1v) is 7.46. The first-order chi connectivity index (χ1) is 9.65. The second kappa shape index (κ2) is 4.93. The lowest BCUT2D eigenvalue weighted by molar-refractivity contribution is 0.591. The summed E-state index contributed by atoms with van der Waals surface area (Å²) in [6.07, 6.45) is 2.83. The van der Waals surface area contributed by atoms with Gasteiger partial charge in [-0.3, -0.25) is 4.98 Å². The molecule has 0 spiro atoms. The molecule has 7 heteroatoms. The maximum absolute atomic E-state index is 12.0. The minimum atomic E-state index is -3.60. The minimum absolute atomic E-state index is 0.124. The normalized spacial score (nSPS) is 17.9. The number of nitrogens with zero attached hydrogens (tertiary/aromatic N) is 2. The molecule has 1 aromatic heterocycles. The van der Waals surface area contributed by atoms with E-state index in [1.165, 1.54) is 12.4 Å². The summed E-state index contributed by atoms with van der Waals surface area (Å²) in [7, 11) is -3.60. The van der Waals surface area contributed by atoms with E-state index in [0.717, 1.165) is 5.56 Å². The highest BCUT2D eigenvalue weighted by molar-refractivity contribution is 7.90. The van der Waals surface area contributed by atoms with Gasteiger partial charge >= 0.3 is 0 Å². The van der Waals surface area contributed by atoms with Gasteiger partial charge in [0.15, 0.2) is 0 Å². The van der Waals surface area contributed by atoms with Crippen LogP contribution in [0.1, 0.15) is 5.56 Å². The Labute approximate surface area is 116 Å². The van der Waals surface area contributed by atoms with Gasteiger partial charge in [0.2, 0.25) is 5.96 Å². The van der Waals surface area contributed by atoms with E-state index in [4.69, 9.17) is 0 Å². The summed E-state index contributed by atoms with van der Waals surface area (Å²) < 4.78 is 26.4. The molecule has 0 saturated heterocycles. The van der Waals surface area contributed by atoms with E-state index in [9.17, 15) is 8.42 Å². The number of nitrogens with one attached hydrogen (secondary N) is 2. The monoisotopic (exact) mass is 288 g/mol. The molecule has 3 rings (SSSR count). The maximum atomic E-state index is 12.0. The van der Waals surface area contributed by atoms with Crippen LogP contribution >= 0.6 is 0 Å². The number of anilines is 1. The number of sulfonamides is 1. The number of aromatic nitrogens is 1. The number of hydrogen-bond acceptors (Lipinski definition) is 4. The van der Waals surface area contributed by atoms with Gasteiger partial charge in [0.25, 0.3) is 10.0 Å². The Balaban J connectivity index is 1.88. The van der Waals surface area contributed by atoms with Crippen molar-refractivity contribution in [1.29, 1.82) is 0 Å². The average molecular weight is 288 g/mol. The third-order valence-electron chi connectivity index (χ3n) is 2.82. The van der Waals surface area contributed by atoms with Crippen molar-refractivity contribution in [2.24, 2.45) is 4.99 Å². The molecule has 1 aliphatic rings. The largest absolute Gasteiger partial charge is 0.324 e. The second-order valence-electron chi connectivity index (χ2n) is 4.25. The van der Waals surface area contributed by atoms with E-state index in [1.807, 2.05) is 30.3 Å². The fraction of sp³-hybridized carbons (Fsp3) is 0.0769. The zero-order valence-electron chi connectivity index (χ0n) is 10.4. The quantitative estimate of drug-likeness (QED) is 0.873. The highest BCUT2D eigenvalue weighted by atomic mass is 32.2. The molecule has 2 N–H and O–H groups in total. The fourth-order valence-corrected chi connectivity index (χ4v) is 2.95. The molecular weight excluding hydrogens is 276 g/mol. The van der Waals surface area contributed by atoms with Gasteiger partial charge in [0.05, 0.1) is 12.2 Å². The SMILES string of the molecule is O=S1(=O)NC(=NCc2ccccc2)Nc2ccncc21. The summed E-state index contributed by atoms with van der Waals surface area (Å²) in [6, 6.07) is 11.2. The molecule has 0 radical (unpaired) electrons. The molecule has 0 bridgehead atoms. The van der Waals surface area contributed by atoms with E-state index >= 15 is 0 Å². The van der Waals surface area contributed by atoms with Crippen LogP contribution in [0.25, 0.3) is 0 Å². The highest BCUT2D eigenvalue weighted by Gasteiger charge is 2.26. The number of hydrogen-bond donors (Lipinski definition) is 2. The third-order valence-corrected chi connectivity index (χ3v) is 4.19. The van der Waals surface area contributed by atoms with Crippen LogP contribution < -0.4 is 10.0 Å². The summed E-state index contributed by atoms with van der Waals surface area (Å²) in [5, 5.41) is 2.94. The van der Waals surface area contributed by atoms with Crippen LogP contribution in [0, 0.1) is 0 Å². The highest BCUT2D eigenvalue weighted by Crippen LogP contribution is 2.22. The van der Waals surface area contributed by atoms with E-state index in [0.29, 0.717) is 12.2 Å². The van der Waals surface area contributed by atoms with Gasteiger partial charge in [-0.2, -0.15) is 0 Å². The van der Waals surface area contributed by atoms with Crippen LogP contribution in [-0.4, -0.2) is 19.4 Å². The van der Waals surface area contributed by atoms with Gasteiger partial charge in [-0.15, -0.1) is 0 Å². The fourth-order valence-electron chi connectivity index (χ4n) is 1.86. The molecule has 20 heavy (non-hydrogen) atoms. The summed E-state index contributed by atoms with van der Waals surface area (Å²) >= 11 is 0. The first-order valence-electron chi connectivity index (χ1n) is 5.97. The molecule has 102 valence electrons. The van der Waals surface area contributed by atoms with Crippen molar-refractivity contribution in [1.82, 2.24) is 9.71 Å². The van der Waals surface area contributed by atoms with Gasteiger partial charge < -0.3 is 5.32 Å². The number of pyridine rings is 1. The average Bonchev–Trinajstić information content (AvgIpc) is 2.46. The molecular formula is C13H12N4O2S. The zero-order chi connectivity index (χ0) is 14.0. The summed E-state index contributed by atoms with van der Waals surface area (Å²) in [4.78, 5) is 8.18. The Kier molecular flexibility index (Phi) is 3.11. The topological polar surface area (TPSA) is 83.5 Å². The van der Waals surface area contributed by atoms with E-state index in [2.05, 4.69) is 20.0 Å². The first kappa shape index (κ1) is 12.6. The third kappa shape index (κ3) is 2.48. The zero-order valence-corrected chi connectivity index (χ0v) is 11.3. The van der Waals surface area contributed by atoms with Crippen LogP contribution in [0.15, 0.2) is 58.7 Å². The predicted molar refractivity (Wildman–Crippen MR) is 75.8 cm³/mol. The van der Waals surface area contributed by atoms with Crippen LogP contribution in [0.4, 0.5) is 5.69 Å². The smallest absolute Gasteiger partial charge is 0.267 e. The summed E-state index contributed by atoms with van der Waals surface area (Å²) in [5.41, 5.74) is 1.48. The van der Waals surface area contributed by atoms with Crippen LogP contribution in [0.5, 0.6) is 0 Å². The van der Waals surface area contributed by atoms with Crippen molar-refractivity contribution in [2.45, 2.75) is 11.4 Å². The molecule has 0 amide bonds. The van der Waals surface area contributed by atoms with E-state index in [1.54, 1.807) is 6.07 Å². The number of benzene rings is 1. The van der Waals surface area contributed by atoms with Crippen molar-refractivity contribution in [2.75, 3.05) is 5.32 Å². The molecule has 0 atom stereocenters. The van der Waals surface area contributed by atoms with Gasteiger partial charge in [0.1, 0.15) is 4.90 Å². The standard InChI is InChI=1S/C13H12N4O2S/c18-20(19)12-9-14-7-6-11(12)16-13(17-20)15-8-10-4-2-1-3-5-10/h1-7,9H,8H2,(H2,15,16,17). The summed E-state index contributed by atoms with van der Waals surface area (Å²) in [6.45, 7) is 0.395. The van der Waals surface area contributed by atoms with E-state index in [-0.39, 0.29) is 10.9 Å². The van der Waals surface area contributed by atoms with Gasteiger partial charge in [-0.25, -0.2) is 18.1 Å². The van der Waals surface area contributed by atoms with Crippen LogP contribution in [-0.2, 0) is 16.6 Å². The van der Waals surface area contributed by atoms with Crippen molar-refractivity contribution < 1.29 is 8.42 Å². The Hall–Kier alpha value is -2.41. The molecule has 2 aromatic rings.